The summed E-state index contributed by atoms with van der Waals surface area (Å²) in [5, 5.41) is 1.62. The number of hydrogen-bond donors (Lipinski definition) is 0. The molecular formula is C16H21P. The Morgan fingerprint density at radius 2 is 1.29 bits per heavy atom. The van der Waals surface area contributed by atoms with Crippen LogP contribution in [0, 0.1) is 0 Å². The first-order valence-electron chi connectivity index (χ1n) is 6.93. The molecule has 3 rings (SSSR count). The predicted octanol–water partition coefficient (Wildman–Crippen LogP) is 4.46. The maximum absolute atomic E-state index is 2.34. The van der Waals surface area contributed by atoms with Gasteiger partial charge in [0, 0.05) is 0 Å². The van der Waals surface area contributed by atoms with Crippen molar-refractivity contribution in [3.63, 3.8) is 0 Å². The van der Waals surface area contributed by atoms with Crippen molar-refractivity contribution in [1.29, 1.82) is 0 Å². The molecule has 1 aliphatic carbocycles. The monoisotopic (exact) mass is 244 g/mol. The number of benzene rings is 1. The van der Waals surface area contributed by atoms with E-state index < -0.39 is 0 Å². The Balaban J connectivity index is 1.74. The van der Waals surface area contributed by atoms with Crippen molar-refractivity contribution in [1.82, 2.24) is 0 Å². The zero-order valence-electron chi connectivity index (χ0n) is 10.5. The maximum Gasteiger partial charge on any atom is -0.00684 e. The molecule has 1 aromatic carbocycles. The smallest absolute Gasteiger partial charge is 0.00684 e. The molecule has 0 saturated heterocycles. The van der Waals surface area contributed by atoms with Gasteiger partial charge in [-0.3, -0.25) is 0 Å². The van der Waals surface area contributed by atoms with Gasteiger partial charge in [0.15, 0.2) is 0 Å². The summed E-state index contributed by atoms with van der Waals surface area (Å²) in [6.07, 6.45) is 11.4. The van der Waals surface area contributed by atoms with Crippen molar-refractivity contribution in [3.8, 4) is 0 Å². The summed E-state index contributed by atoms with van der Waals surface area (Å²) in [5.74, 6) is 0. The van der Waals surface area contributed by atoms with Crippen molar-refractivity contribution < 1.29 is 0 Å². The molecule has 0 nitrogen and oxygen atoms in total. The Morgan fingerprint density at radius 1 is 0.706 bits per heavy atom. The van der Waals surface area contributed by atoms with Crippen LogP contribution in [-0.2, 0) is 0 Å². The molecule has 0 N–H and O–H groups in total. The van der Waals surface area contributed by atoms with Gasteiger partial charge >= 0.3 is 0 Å². The van der Waals surface area contributed by atoms with Gasteiger partial charge in [-0.2, -0.15) is 0 Å². The lowest BCUT2D eigenvalue weighted by Gasteiger charge is -2.11. The molecule has 0 spiro atoms. The van der Waals surface area contributed by atoms with Gasteiger partial charge < -0.3 is 0 Å². The van der Waals surface area contributed by atoms with Gasteiger partial charge in [-0.25, -0.2) is 0 Å². The van der Waals surface area contributed by atoms with Gasteiger partial charge in [0.25, 0.3) is 0 Å². The van der Waals surface area contributed by atoms with E-state index in [1.54, 1.807) is 5.30 Å². The van der Waals surface area contributed by atoms with Gasteiger partial charge in [-0.1, -0.05) is 62.2 Å². The first-order valence-corrected chi connectivity index (χ1v) is 8.64. The highest BCUT2D eigenvalue weighted by Gasteiger charge is 2.24. The van der Waals surface area contributed by atoms with Gasteiger partial charge in [0.05, 0.1) is 0 Å². The molecule has 0 unspecified atom stereocenters. The number of rotatable bonds is 1. The Bertz CT molecular complexity index is 385. The van der Waals surface area contributed by atoms with E-state index in [4.69, 9.17) is 0 Å². The van der Waals surface area contributed by atoms with E-state index in [9.17, 15) is 0 Å². The van der Waals surface area contributed by atoms with Crippen LogP contribution in [0.2, 0.25) is 0 Å². The SMILES string of the molecule is c1ccc(P2CC3=C(CCCCCC3)C2)cc1. The summed E-state index contributed by atoms with van der Waals surface area (Å²) in [5.41, 5.74) is 3.69. The molecule has 0 fully saturated rings. The van der Waals surface area contributed by atoms with Gasteiger partial charge in [0.1, 0.15) is 0 Å². The highest BCUT2D eigenvalue weighted by molar-refractivity contribution is 7.66. The van der Waals surface area contributed by atoms with Crippen molar-refractivity contribution in [2.75, 3.05) is 12.3 Å². The summed E-state index contributed by atoms with van der Waals surface area (Å²) >= 11 is 0. The van der Waals surface area contributed by atoms with Crippen LogP contribution in [-0.4, -0.2) is 12.3 Å². The predicted molar refractivity (Wildman–Crippen MR) is 77.5 cm³/mol. The molecule has 0 bridgehead atoms. The second kappa shape index (κ2) is 5.36. The van der Waals surface area contributed by atoms with E-state index in [0.717, 1.165) is 0 Å². The van der Waals surface area contributed by atoms with Crippen LogP contribution in [0.25, 0.3) is 0 Å². The molecule has 0 radical (unpaired) electrons. The van der Waals surface area contributed by atoms with E-state index >= 15 is 0 Å². The van der Waals surface area contributed by atoms with Crippen molar-refractivity contribution in [3.05, 3.63) is 41.5 Å². The molecule has 17 heavy (non-hydrogen) atoms. The largest absolute Gasteiger partial charge is 0.0670 e. The first-order chi connectivity index (χ1) is 8.43. The molecule has 1 aromatic rings. The molecule has 2 aliphatic rings. The average Bonchev–Trinajstić information content (AvgIpc) is 2.73. The lowest BCUT2D eigenvalue weighted by atomic mass is 9.95. The van der Waals surface area contributed by atoms with E-state index in [1.807, 2.05) is 11.1 Å². The van der Waals surface area contributed by atoms with Crippen LogP contribution in [0.5, 0.6) is 0 Å². The van der Waals surface area contributed by atoms with Crippen LogP contribution >= 0.6 is 7.92 Å². The average molecular weight is 244 g/mol. The molecule has 0 saturated carbocycles. The normalized spacial score (nSPS) is 22.1. The third-order valence-corrected chi connectivity index (χ3v) is 6.65. The standard InChI is InChI=1S/C16H21P/c1-2-5-9-15-13-17(12-14(15)8-4-1)16-10-6-3-7-11-16/h3,6-7,10-11H,1-2,4-5,8-9,12-13H2. The van der Waals surface area contributed by atoms with Crippen molar-refractivity contribution in [2.45, 2.75) is 38.5 Å². The van der Waals surface area contributed by atoms with Crippen LogP contribution in [0.4, 0.5) is 0 Å². The summed E-state index contributed by atoms with van der Waals surface area (Å²) in [6.45, 7) is 0. The van der Waals surface area contributed by atoms with Gasteiger partial charge in [0.2, 0.25) is 0 Å². The Morgan fingerprint density at radius 3 is 1.88 bits per heavy atom. The molecule has 0 amide bonds. The summed E-state index contributed by atoms with van der Waals surface area (Å²) < 4.78 is 0. The summed E-state index contributed by atoms with van der Waals surface area (Å²) in [4.78, 5) is 0. The zero-order valence-corrected chi connectivity index (χ0v) is 11.4. The van der Waals surface area contributed by atoms with Crippen LogP contribution in [0.3, 0.4) is 0 Å². The van der Waals surface area contributed by atoms with E-state index in [1.165, 1.54) is 50.8 Å². The fraction of sp³-hybridized carbons (Fsp3) is 0.500. The molecule has 1 heterocycles. The minimum absolute atomic E-state index is 0.112. The lowest BCUT2D eigenvalue weighted by Crippen LogP contribution is -2.01. The quantitative estimate of drug-likeness (QED) is 0.505. The summed E-state index contributed by atoms with van der Waals surface area (Å²) in [7, 11) is 0.112. The molecule has 0 atom stereocenters. The van der Waals surface area contributed by atoms with Crippen molar-refractivity contribution in [2.24, 2.45) is 0 Å². The Hall–Kier alpha value is -0.610. The van der Waals surface area contributed by atoms with Crippen LogP contribution in [0.15, 0.2) is 41.5 Å². The number of hydrogen-bond acceptors (Lipinski definition) is 0. The van der Waals surface area contributed by atoms with Gasteiger partial charge in [-0.15, -0.1) is 0 Å². The molecule has 0 aromatic heterocycles. The zero-order chi connectivity index (χ0) is 11.5. The minimum Gasteiger partial charge on any atom is -0.0670 e. The topological polar surface area (TPSA) is 0 Å². The second-order valence-electron chi connectivity index (χ2n) is 5.31. The van der Waals surface area contributed by atoms with E-state index in [2.05, 4.69) is 30.3 Å². The molecule has 90 valence electrons. The van der Waals surface area contributed by atoms with Crippen LogP contribution < -0.4 is 5.30 Å². The maximum atomic E-state index is 2.34. The second-order valence-corrected chi connectivity index (χ2v) is 7.54. The third-order valence-electron chi connectivity index (χ3n) is 4.09. The molecule has 1 aliphatic heterocycles. The molecule has 1 heteroatoms. The highest BCUT2D eigenvalue weighted by Crippen LogP contribution is 2.48. The third kappa shape index (κ3) is 2.63. The fourth-order valence-corrected chi connectivity index (χ4v) is 5.86. The lowest BCUT2D eigenvalue weighted by molar-refractivity contribution is 0.615. The van der Waals surface area contributed by atoms with E-state index in [-0.39, 0.29) is 7.92 Å². The molecular weight excluding hydrogens is 223 g/mol. The first kappa shape index (κ1) is 11.5. The fourth-order valence-electron chi connectivity index (χ4n) is 3.10. The van der Waals surface area contributed by atoms with E-state index in [0.29, 0.717) is 0 Å². The Kier molecular flexibility index (Phi) is 3.62. The highest BCUT2D eigenvalue weighted by atomic mass is 31.1. The van der Waals surface area contributed by atoms with Crippen LogP contribution in [0.1, 0.15) is 38.5 Å². The van der Waals surface area contributed by atoms with Gasteiger partial charge in [-0.05, 0) is 43.3 Å². The summed E-state index contributed by atoms with van der Waals surface area (Å²) in [6, 6.07) is 11.2. The Labute approximate surface area is 106 Å². The number of allylic oxidation sites excluding steroid dienone is 2. The van der Waals surface area contributed by atoms with Crippen molar-refractivity contribution >= 4 is 13.2 Å². The minimum atomic E-state index is 0.112.